The highest BCUT2D eigenvalue weighted by atomic mass is 14.9. The first-order valence-corrected chi connectivity index (χ1v) is 9.15. The first-order valence-electron chi connectivity index (χ1n) is 9.15. The molecule has 1 fully saturated rings. The summed E-state index contributed by atoms with van der Waals surface area (Å²) in [6, 6.07) is 1.42. The third-order valence-corrected chi connectivity index (χ3v) is 4.50. The van der Waals surface area contributed by atoms with Gasteiger partial charge < -0.3 is 10.6 Å². The molecule has 2 atom stereocenters. The number of nitrogens with one attached hydrogen (secondary N) is 2. The molecule has 1 heterocycles. The van der Waals surface area contributed by atoms with Gasteiger partial charge in [-0.05, 0) is 51.6 Å². The quantitative estimate of drug-likeness (QED) is 0.577. The molecule has 1 saturated heterocycles. The van der Waals surface area contributed by atoms with Gasteiger partial charge in [0.05, 0.1) is 0 Å². The van der Waals surface area contributed by atoms with E-state index >= 15 is 0 Å². The molecule has 20 heavy (non-hydrogen) atoms. The molecule has 0 spiro atoms. The van der Waals surface area contributed by atoms with E-state index in [1.807, 2.05) is 0 Å². The van der Waals surface area contributed by atoms with Crippen LogP contribution in [-0.2, 0) is 0 Å². The fourth-order valence-corrected chi connectivity index (χ4v) is 3.19. The van der Waals surface area contributed by atoms with Gasteiger partial charge in [-0.2, -0.15) is 0 Å². The summed E-state index contributed by atoms with van der Waals surface area (Å²) in [5.41, 5.74) is 0. The summed E-state index contributed by atoms with van der Waals surface area (Å²) in [4.78, 5) is 0. The van der Waals surface area contributed by atoms with Gasteiger partial charge in [-0.1, -0.05) is 52.4 Å². The standard InChI is InChI=1S/C18H38N2/c1-16(2)11-7-4-5-9-13-19-17(3)15-18-12-8-6-10-14-20-18/h16-20H,4-15H2,1-3H3. The summed E-state index contributed by atoms with van der Waals surface area (Å²) >= 11 is 0. The van der Waals surface area contributed by atoms with E-state index < -0.39 is 0 Å². The Balaban J connectivity index is 1.92. The summed E-state index contributed by atoms with van der Waals surface area (Å²) in [6.45, 7) is 9.43. The van der Waals surface area contributed by atoms with Crippen LogP contribution in [0.4, 0.5) is 0 Å². The summed E-state index contributed by atoms with van der Waals surface area (Å²) in [7, 11) is 0. The van der Waals surface area contributed by atoms with Crippen molar-refractivity contribution >= 4 is 0 Å². The molecule has 2 N–H and O–H groups in total. The van der Waals surface area contributed by atoms with Crippen LogP contribution in [0, 0.1) is 5.92 Å². The minimum atomic E-state index is 0.668. The molecular formula is C18H38N2. The molecule has 0 aliphatic carbocycles. The van der Waals surface area contributed by atoms with E-state index in [0.29, 0.717) is 6.04 Å². The molecule has 0 saturated carbocycles. The second kappa shape index (κ2) is 11.6. The van der Waals surface area contributed by atoms with Gasteiger partial charge in [0.2, 0.25) is 0 Å². The van der Waals surface area contributed by atoms with Gasteiger partial charge in [0.1, 0.15) is 0 Å². The van der Waals surface area contributed by atoms with E-state index in [4.69, 9.17) is 0 Å². The smallest absolute Gasteiger partial charge is 0.00817 e. The zero-order valence-corrected chi connectivity index (χ0v) is 14.2. The lowest BCUT2D eigenvalue weighted by Gasteiger charge is -2.21. The lowest BCUT2D eigenvalue weighted by atomic mass is 10.0. The van der Waals surface area contributed by atoms with Gasteiger partial charge in [-0.25, -0.2) is 0 Å². The van der Waals surface area contributed by atoms with E-state index in [-0.39, 0.29) is 0 Å². The number of hydrogen-bond donors (Lipinski definition) is 2. The van der Waals surface area contributed by atoms with Gasteiger partial charge in [-0.15, -0.1) is 0 Å². The first kappa shape index (κ1) is 18.0. The number of unbranched alkanes of at least 4 members (excludes halogenated alkanes) is 3. The van der Waals surface area contributed by atoms with E-state index in [0.717, 1.165) is 12.0 Å². The fourth-order valence-electron chi connectivity index (χ4n) is 3.19. The van der Waals surface area contributed by atoms with Crippen molar-refractivity contribution in [3.8, 4) is 0 Å². The Morgan fingerprint density at radius 2 is 1.80 bits per heavy atom. The third kappa shape index (κ3) is 9.77. The van der Waals surface area contributed by atoms with Crippen molar-refractivity contribution < 1.29 is 0 Å². The maximum Gasteiger partial charge on any atom is 0.00817 e. The third-order valence-electron chi connectivity index (χ3n) is 4.50. The molecule has 0 aromatic carbocycles. The lowest BCUT2D eigenvalue weighted by Crippen LogP contribution is -2.37. The molecule has 1 aliphatic heterocycles. The van der Waals surface area contributed by atoms with Crippen LogP contribution in [0.1, 0.15) is 85.0 Å². The largest absolute Gasteiger partial charge is 0.314 e. The minimum Gasteiger partial charge on any atom is -0.314 e. The monoisotopic (exact) mass is 282 g/mol. The van der Waals surface area contributed by atoms with Crippen molar-refractivity contribution in [1.29, 1.82) is 0 Å². The van der Waals surface area contributed by atoms with Gasteiger partial charge in [0, 0.05) is 12.1 Å². The van der Waals surface area contributed by atoms with Crippen LogP contribution in [0.2, 0.25) is 0 Å². The highest BCUT2D eigenvalue weighted by Gasteiger charge is 2.14. The second-order valence-corrected chi connectivity index (χ2v) is 7.19. The Morgan fingerprint density at radius 3 is 2.60 bits per heavy atom. The molecule has 2 unspecified atom stereocenters. The molecule has 0 radical (unpaired) electrons. The molecule has 0 amide bonds. The molecule has 0 bridgehead atoms. The molecule has 2 nitrogen and oxygen atoms in total. The topological polar surface area (TPSA) is 24.1 Å². The van der Waals surface area contributed by atoms with Gasteiger partial charge >= 0.3 is 0 Å². The Hall–Kier alpha value is -0.0800. The van der Waals surface area contributed by atoms with Crippen molar-refractivity contribution in [2.24, 2.45) is 5.92 Å². The lowest BCUT2D eigenvalue weighted by molar-refractivity contribution is 0.399. The van der Waals surface area contributed by atoms with Crippen LogP contribution in [0.15, 0.2) is 0 Å². The van der Waals surface area contributed by atoms with Crippen LogP contribution < -0.4 is 10.6 Å². The van der Waals surface area contributed by atoms with Crippen molar-refractivity contribution in [2.45, 2.75) is 97.1 Å². The van der Waals surface area contributed by atoms with E-state index in [1.54, 1.807) is 0 Å². The second-order valence-electron chi connectivity index (χ2n) is 7.19. The van der Waals surface area contributed by atoms with Crippen molar-refractivity contribution in [3.63, 3.8) is 0 Å². The average molecular weight is 283 g/mol. The molecule has 0 aromatic heterocycles. The van der Waals surface area contributed by atoms with Crippen LogP contribution in [0.5, 0.6) is 0 Å². The summed E-state index contributed by atoms with van der Waals surface area (Å²) in [5, 5.41) is 7.41. The normalized spacial score (nSPS) is 21.9. The molecule has 2 heteroatoms. The highest BCUT2D eigenvalue weighted by Crippen LogP contribution is 2.13. The van der Waals surface area contributed by atoms with Crippen molar-refractivity contribution in [3.05, 3.63) is 0 Å². The Labute approximate surface area is 127 Å². The molecule has 120 valence electrons. The zero-order chi connectivity index (χ0) is 14.6. The van der Waals surface area contributed by atoms with Crippen molar-refractivity contribution in [2.75, 3.05) is 13.1 Å². The maximum absolute atomic E-state index is 3.71. The van der Waals surface area contributed by atoms with Gasteiger partial charge in [-0.3, -0.25) is 0 Å². The fraction of sp³-hybridized carbons (Fsp3) is 1.00. The first-order chi connectivity index (χ1) is 9.68. The zero-order valence-electron chi connectivity index (χ0n) is 14.2. The molecule has 1 rings (SSSR count). The Kier molecular flexibility index (Phi) is 10.4. The summed E-state index contributed by atoms with van der Waals surface area (Å²) in [5.74, 6) is 0.875. The predicted molar refractivity (Wildman–Crippen MR) is 90.3 cm³/mol. The summed E-state index contributed by atoms with van der Waals surface area (Å²) in [6.07, 6.45) is 13.9. The molecular weight excluding hydrogens is 244 g/mol. The minimum absolute atomic E-state index is 0.668. The molecule has 0 aromatic rings. The number of hydrogen-bond acceptors (Lipinski definition) is 2. The predicted octanol–water partition coefficient (Wildman–Crippen LogP) is 4.49. The van der Waals surface area contributed by atoms with Crippen LogP contribution in [-0.4, -0.2) is 25.2 Å². The average Bonchev–Trinajstić information content (AvgIpc) is 2.66. The molecule has 1 aliphatic rings. The van der Waals surface area contributed by atoms with Crippen LogP contribution >= 0.6 is 0 Å². The SMILES string of the molecule is CC(C)CCCCCCNC(C)CC1CCCCCN1. The Morgan fingerprint density at radius 1 is 1.00 bits per heavy atom. The van der Waals surface area contributed by atoms with Gasteiger partial charge in [0.25, 0.3) is 0 Å². The maximum atomic E-state index is 3.71. The van der Waals surface area contributed by atoms with Crippen LogP contribution in [0.3, 0.4) is 0 Å². The number of rotatable bonds is 10. The van der Waals surface area contributed by atoms with Crippen molar-refractivity contribution in [1.82, 2.24) is 10.6 Å². The van der Waals surface area contributed by atoms with E-state index in [9.17, 15) is 0 Å². The van der Waals surface area contributed by atoms with Crippen LogP contribution in [0.25, 0.3) is 0 Å². The highest BCUT2D eigenvalue weighted by molar-refractivity contribution is 4.75. The summed E-state index contributed by atoms with van der Waals surface area (Å²) < 4.78 is 0. The van der Waals surface area contributed by atoms with E-state index in [1.165, 1.54) is 77.3 Å². The van der Waals surface area contributed by atoms with E-state index in [2.05, 4.69) is 31.4 Å². The Bertz CT molecular complexity index is 207. The van der Waals surface area contributed by atoms with Gasteiger partial charge in [0.15, 0.2) is 0 Å².